The molecule has 0 spiro atoms. The fourth-order valence-electron chi connectivity index (χ4n) is 4.41. The second-order valence-corrected chi connectivity index (χ2v) is 6.84. The van der Waals surface area contributed by atoms with Crippen LogP contribution in [0, 0.1) is 17.8 Å². The number of carbonyl (C=O) groups excluding carboxylic acids is 2. The van der Waals surface area contributed by atoms with Crippen LogP contribution >= 0.6 is 0 Å². The van der Waals surface area contributed by atoms with Crippen molar-refractivity contribution in [3.05, 3.63) is 34.9 Å². The fourth-order valence-corrected chi connectivity index (χ4v) is 4.41. The number of rotatable bonds is 4. The van der Waals surface area contributed by atoms with Crippen LogP contribution in [0.5, 0.6) is 0 Å². The van der Waals surface area contributed by atoms with Gasteiger partial charge in [0.1, 0.15) is 6.54 Å². The normalized spacial score (nSPS) is 27.6. The molecule has 4 atom stereocenters. The lowest BCUT2D eigenvalue weighted by Crippen LogP contribution is -2.48. The molecule has 0 unspecified atom stereocenters. The topological polar surface area (TPSA) is 94.7 Å². The molecule has 132 valence electrons. The van der Waals surface area contributed by atoms with Gasteiger partial charge in [-0.25, -0.2) is 9.48 Å². The molecule has 2 aliphatic rings. The molecule has 4 rings (SSSR count). The first-order valence-corrected chi connectivity index (χ1v) is 8.50. The molecule has 2 aromatic rings. The second kappa shape index (κ2) is 6.02. The molecule has 0 radical (unpaired) electrons. The van der Waals surface area contributed by atoms with Gasteiger partial charge in [-0.2, -0.15) is 0 Å². The van der Waals surface area contributed by atoms with Crippen LogP contribution in [0.15, 0.2) is 29.2 Å². The highest BCUT2D eigenvalue weighted by atomic mass is 16.5. The first kappa shape index (κ1) is 15.9. The van der Waals surface area contributed by atoms with Gasteiger partial charge in [-0.05, 0) is 43.2 Å². The van der Waals surface area contributed by atoms with Gasteiger partial charge in [-0.3, -0.25) is 14.0 Å². The Kier molecular flexibility index (Phi) is 3.82. The molecule has 8 nitrogen and oxygen atoms in total. The van der Waals surface area contributed by atoms with Crippen molar-refractivity contribution in [2.24, 2.45) is 17.8 Å². The summed E-state index contributed by atoms with van der Waals surface area (Å²) in [5, 5.41) is 7.11. The summed E-state index contributed by atoms with van der Waals surface area (Å²) in [4.78, 5) is 36.8. The summed E-state index contributed by atoms with van der Waals surface area (Å²) in [5.74, 6) is -0.277. The van der Waals surface area contributed by atoms with E-state index >= 15 is 0 Å². The third-order valence-corrected chi connectivity index (χ3v) is 5.50. The minimum atomic E-state index is -0.358. The number of amides is 1. The number of esters is 1. The number of aromatic nitrogens is 3. The van der Waals surface area contributed by atoms with Crippen LogP contribution in [0.4, 0.5) is 0 Å². The molecule has 2 aromatic heterocycles. The van der Waals surface area contributed by atoms with Crippen molar-refractivity contribution in [3.63, 3.8) is 0 Å². The van der Waals surface area contributed by atoms with Crippen molar-refractivity contribution in [1.82, 2.24) is 19.5 Å². The number of nitrogens with one attached hydrogen (secondary N) is 1. The summed E-state index contributed by atoms with van der Waals surface area (Å²) < 4.78 is 7.45. The van der Waals surface area contributed by atoms with Gasteiger partial charge >= 0.3 is 11.7 Å². The standard InChI is InChI=1S/C17H20N4O4/c1-25-16(23)14-10-5-6-11(8-10)15(14)18-13(22)9-21-17(24)20-7-3-2-4-12(20)19-21/h2-4,7,10-11,14-15H,5-6,8-9H2,1H3,(H,18,22)/t10-,11-,14+,15+/m0/s1. The zero-order valence-electron chi connectivity index (χ0n) is 13.9. The smallest absolute Gasteiger partial charge is 0.350 e. The molecule has 2 fully saturated rings. The molecule has 2 aliphatic carbocycles. The summed E-state index contributed by atoms with van der Waals surface area (Å²) in [7, 11) is 1.38. The Morgan fingerprint density at radius 3 is 2.88 bits per heavy atom. The molecule has 1 amide bonds. The fraction of sp³-hybridized carbons (Fsp3) is 0.529. The van der Waals surface area contributed by atoms with E-state index in [1.165, 1.54) is 11.5 Å². The Hall–Kier alpha value is -2.64. The predicted octanol–water partition coefficient (Wildman–Crippen LogP) is 0.200. The lowest BCUT2D eigenvalue weighted by molar-refractivity contribution is -0.148. The van der Waals surface area contributed by atoms with E-state index in [0.29, 0.717) is 11.6 Å². The van der Waals surface area contributed by atoms with Crippen molar-refractivity contribution >= 4 is 17.5 Å². The van der Waals surface area contributed by atoms with Crippen LogP contribution in [-0.4, -0.2) is 39.2 Å². The van der Waals surface area contributed by atoms with Crippen molar-refractivity contribution in [2.75, 3.05) is 7.11 Å². The summed E-state index contributed by atoms with van der Waals surface area (Å²) in [6.45, 7) is -0.164. The van der Waals surface area contributed by atoms with Gasteiger partial charge < -0.3 is 10.1 Å². The molecular weight excluding hydrogens is 324 g/mol. The van der Waals surface area contributed by atoms with E-state index in [0.717, 1.165) is 23.9 Å². The number of fused-ring (bicyclic) bond motifs is 3. The SMILES string of the molecule is COC(=O)[C@@H]1[C@H]2CC[C@@H](C2)[C@H]1NC(=O)Cn1nc2ccccn2c1=O. The largest absolute Gasteiger partial charge is 0.469 e. The Labute approximate surface area is 143 Å². The van der Waals surface area contributed by atoms with Crippen LogP contribution in [-0.2, 0) is 20.9 Å². The molecule has 2 heterocycles. The lowest BCUT2D eigenvalue weighted by Gasteiger charge is -2.29. The Morgan fingerprint density at radius 1 is 1.32 bits per heavy atom. The number of carbonyl (C=O) groups is 2. The Bertz CT molecular complexity index is 886. The summed E-state index contributed by atoms with van der Waals surface area (Å²) >= 11 is 0. The van der Waals surface area contributed by atoms with Crippen LogP contribution in [0.25, 0.3) is 5.65 Å². The maximum Gasteiger partial charge on any atom is 0.350 e. The third-order valence-electron chi connectivity index (χ3n) is 5.50. The van der Waals surface area contributed by atoms with Crippen LogP contribution < -0.4 is 11.0 Å². The first-order chi connectivity index (χ1) is 12.1. The van der Waals surface area contributed by atoms with E-state index in [1.54, 1.807) is 24.4 Å². The number of hydrogen-bond donors (Lipinski definition) is 1. The lowest BCUT2D eigenvalue weighted by atomic mass is 9.84. The van der Waals surface area contributed by atoms with Gasteiger partial charge in [0.25, 0.3) is 0 Å². The monoisotopic (exact) mass is 344 g/mol. The van der Waals surface area contributed by atoms with E-state index in [2.05, 4.69) is 10.4 Å². The highest BCUT2D eigenvalue weighted by molar-refractivity contribution is 5.79. The minimum absolute atomic E-state index is 0.164. The third kappa shape index (κ3) is 2.61. The highest BCUT2D eigenvalue weighted by Gasteiger charge is 2.51. The minimum Gasteiger partial charge on any atom is -0.469 e. The summed E-state index contributed by atoms with van der Waals surface area (Å²) in [6.07, 6.45) is 4.57. The molecule has 2 bridgehead atoms. The maximum absolute atomic E-state index is 12.5. The highest BCUT2D eigenvalue weighted by Crippen LogP contribution is 2.48. The van der Waals surface area contributed by atoms with Gasteiger partial charge in [0.05, 0.1) is 13.0 Å². The average molecular weight is 344 g/mol. The molecule has 0 saturated heterocycles. The van der Waals surface area contributed by atoms with Crippen molar-refractivity contribution in [2.45, 2.75) is 31.8 Å². The quantitative estimate of drug-likeness (QED) is 0.800. The molecule has 0 aromatic carbocycles. The van der Waals surface area contributed by atoms with E-state index in [1.807, 2.05) is 0 Å². The molecule has 8 heteroatoms. The summed E-state index contributed by atoms with van der Waals surface area (Å²) in [5.41, 5.74) is 0.135. The van der Waals surface area contributed by atoms with Gasteiger partial charge in [0.2, 0.25) is 5.91 Å². The van der Waals surface area contributed by atoms with E-state index in [-0.39, 0.29) is 42.0 Å². The van der Waals surface area contributed by atoms with Crippen LogP contribution in [0.1, 0.15) is 19.3 Å². The van der Waals surface area contributed by atoms with E-state index in [4.69, 9.17) is 4.74 Å². The Balaban J connectivity index is 1.50. The van der Waals surface area contributed by atoms with Crippen LogP contribution in [0.2, 0.25) is 0 Å². The van der Waals surface area contributed by atoms with Crippen LogP contribution in [0.3, 0.4) is 0 Å². The van der Waals surface area contributed by atoms with Gasteiger partial charge in [-0.15, -0.1) is 5.10 Å². The number of methoxy groups -OCH3 is 1. The molecule has 25 heavy (non-hydrogen) atoms. The first-order valence-electron chi connectivity index (χ1n) is 8.50. The van der Waals surface area contributed by atoms with E-state index in [9.17, 15) is 14.4 Å². The molecular formula is C17H20N4O4. The van der Waals surface area contributed by atoms with E-state index < -0.39 is 0 Å². The maximum atomic E-state index is 12.5. The molecule has 2 saturated carbocycles. The number of ether oxygens (including phenoxy) is 1. The van der Waals surface area contributed by atoms with Gasteiger partial charge in [0, 0.05) is 12.2 Å². The average Bonchev–Trinajstić information content (AvgIpc) is 3.29. The van der Waals surface area contributed by atoms with Crippen molar-refractivity contribution in [3.8, 4) is 0 Å². The zero-order valence-corrected chi connectivity index (χ0v) is 13.9. The summed E-state index contributed by atoms with van der Waals surface area (Å²) in [6, 6.07) is 5.00. The second-order valence-electron chi connectivity index (χ2n) is 6.84. The zero-order chi connectivity index (χ0) is 17.6. The predicted molar refractivity (Wildman–Crippen MR) is 87.7 cm³/mol. The number of nitrogens with zero attached hydrogens (tertiary/aromatic N) is 3. The van der Waals surface area contributed by atoms with Gasteiger partial charge in [-0.1, -0.05) is 6.07 Å². The van der Waals surface area contributed by atoms with Gasteiger partial charge in [0.15, 0.2) is 5.65 Å². The number of hydrogen-bond acceptors (Lipinski definition) is 5. The Morgan fingerprint density at radius 2 is 2.12 bits per heavy atom. The van der Waals surface area contributed by atoms with Crippen molar-refractivity contribution < 1.29 is 14.3 Å². The molecule has 0 aliphatic heterocycles. The number of pyridine rings is 1. The molecule has 1 N–H and O–H groups in total. The van der Waals surface area contributed by atoms with Crippen molar-refractivity contribution in [1.29, 1.82) is 0 Å².